The van der Waals surface area contributed by atoms with Crippen molar-refractivity contribution in [3.05, 3.63) is 64.9 Å². The summed E-state index contributed by atoms with van der Waals surface area (Å²) >= 11 is 0. The topological polar surface area (TPSA) is 117 Å². The maximum absolute atomic E-state index is 15.4. The number of morpholine rings is 1. The van der Waals surface area contributed by atoms with Gasteiger partial charge in [-0.15, -0.1) is 0 Å². The molecule has 224 valence electrons. The number of alkyl halides is 3. The van der Waals surface area contributed by atoms with Crippen LogP contribution < -0.4 is 16.4 Å². The monoisotopic (exact) mass is 593 g/mol. The molecular formula is C27H28F5N7O3. The third kappa shape index (κ3) is 6.07. The summed E-state index contributed by atoms with van der Waals surface area (Å²) in [6.45, 7) is 3.58. The summed E-state index contributed by atoms with van der Waals surface area (Å²) in [5.74, 6) is -1.99. The standard InChI is InChI=1S/C27H28F5N7O3/c1-41-13-17-22(12-38-6-8-42-9-7-38)39-24(25(33)34-14-35-39)23(17)15-2-5-20(19(29)10-15)36-26(40)37-21-11-16(27(30,31)32)3-4-18(21)28/h2-5,10-11,14,17,22H,6-9,12-13H2,1H3,(H2,33,34,35)(H2,36,37,40). The van der Waals surface area contributed by atoms with E-state index in [1.807, 2.05) is 5.32 Å². The fourth-order valence-electron chi connectivity index (χ4n) is 5.27. The van der Waals surface area contributed by atoms with Crippen LogP contribution in [0.1, 0.15) is 11.1 Å². The second-order valence-electron chi connectivity index (χ2n) is 9.86. The van der Waals surface area contributed by atoms with Crippen LogP contribution in [0.2, 0.25) is 0 Å². The Bertz CT molecular complexity index is 1440. The van der Waals surface area contributed by atoms with E-state index in [4.69, 9.17) is 15.2 Å². The van der Waals surface area contributed by atoms with Gasteiger partial charge in [0, 0.05) is 32.7 Å². The molecule has 4 N–H and O–H groups in total. The first kappa shape index (κ1) is 29.4. The van der Waals surface area contributed by atoms with Crippen LogP contribution in [0.4, 0.5) is 38.1 Å². The van der Waals surface area contributed by atoms with Crippen molar-refractivity contribution in [2.75, 3.05) is 57.2 Å². The molecule has 42 heavy (non-hydrogen) atoms. The van der Waals surface area contributed by atoms with Gasteiger partial charge in [0.25, 0.3) is 0 Å². The molecule has 1 saturated heterocycles. The minimum absolute atomic E-state index is 0.202. The molecule has 0 aromatic heterocycles. The molecule has 2 aromatic carbocycles. The number of amides is 2. The number of rotatable bonds is 7. The van der Waals surface area contributed by atoms with Gasteiger partial charge in [0.15, 0.2) is 5.84 Å². The van der Waals surface area contributed by atoms with Crippen LogP contribution in [-0.2, 0) is 15.7 Å². The second kappa shape index (κ2) is 12.0. The van der Waals surface area contributed by atoms with Crippen LogP contribution in [-0.4, -0.2) is 80.7 Å². The van der Waals surface area contributed by atoms with Gasteiger partial charge in [0.2, 0.25) is 0 Å². The molecule has 3 aliphatic heterocycles. The van der Waals surface area contributed by atoms with Gasteiger partial charge in [-0.3, -0.25) is 9.91 Å². The summed E-state index contributed by atoms with van der Waals surface area (Å²) in [4.78, 5) is 18.8. The van der Waals surface area contributed by atoms with E-state index in [0.717, 1.165) is 13.1 Å². The average Bonchev–Trinajstić information content (AvgIpc) is 3.25. The zero-order valence-corrected chi connectivity index (χ0v) is 22.4. The van der Waals surface area contributed by atoms with E-state index in [1.54, 1.807) is 18.2 Å². The van der Waals surface area contributed by atoms with Gasteiger partial charge >= 0.3 is 12.2 Å². The lowest BCUT2D eigenvalue weighted by Crippen LogP contribution is -2.48. The highest BCUT2D eigenvalue weighted by molar-refractivity contribution is 6.08. The number of amidine groups is 1. The molecule has 15 heteroatoms. The first-order chi connectivity index (χ1) is 20.1. The molecule has 2 atom stereocenters. The molecule has 0 radical (unpaired) electrons. The summed E-state index contributed by atoms with van der Waals surface area (Å²) in [6, 6.07) is 4.32. The maximum atomic E-state index is 15.4. The van der Waals surface area contributed by atoms with E-state index in [-0.39, 0.29) is 30.1 Å². The van der Waals surface area contributed by atoms with Crippen LogP contribution >= 0.6 is 0 Å². The first-order valence-electron chi connectivity index (χ1n) is 13.0. The summed E-state index contributed by atoms with van der Waals surface area (Å²) in [5.41, 5.74) is 5.78. The molecule has 5 rings (SSSR count). The van der Waals surface area contributed by atoms with Crippen LogP contribution in [0.5, 0.6) is 0 Å². The van der Waals surface area contributed by atoms with Crippen LogP contribution in [0.15, 0.2) is 52.2 Å². The lowest BCUT2D eigenvalue weighted by Gasteiger charge is -2.35. The van der Waals surface area contributed by atoms with Crippen molar-refractivity contribution >= 4 is 35.2 Å². The number of nitrogens with zero attached hydrogens (tertiary/aromatic N) is 4. The van der Waals surface area contributed by atoms with E-state index >= 15 is 4.39 Å². The van der Waals surface area contributed by atoms with Gasteiger partial charge < -0.3 is 25.8 Å². The summed E-state index contributed by atoms with van der Waals surface area (Å²) in [7, 11) is 1.56. The lowest BCUT2D eigenvalue weighted by atomic mass is 9.88. The van der Waals surface area contributed by atoms with Crippen LogP contribution in [0.3, 0.4) is 0 Å². The highest BCUT2D eigenvalue weighted by Crippen LogP contribution is 2.43. The van der Waals surface area contributed by atoms with Gasteiger partial charge in [-0.05, 0) is 41.5 Å². The number of halogens is 5. The van der Waals surface area contributed by atoms with E-state index in [9.17, 15) is 22.4 Å². The van der Waals surface area contributed by atoms with Crippen molar-refractivity contribution in [1.82, 2.24) is 9.91 Å². The molecule has 3 heterocycles. The van der Waals surface area contributed by atoms with E-state index in [2.05, 4.69) is 20.3 Å². The van der Waals surface area contributed by atoms with Gasteiger partial charge in [-0.25, -0.2) is 18.6 Å². The summed E-state index contributed by atoms with van der Waals surface area (Å²) < 4.78 is 79.4. The summed E-state index contributed by atoms with van der Waals surface area (Å²) in [6.07, 6.45) is -3.38. The van der Waals surface area contributed by atoms with Crippen molar-refractivity contribution in [3.8, 4) is 0 Å². The van der Waals surface area contributed by atoms with Crippen molar-refractivity contribution < 1.29 is 36.2 Å². The Morgan fingerprint density at radius 1 is 1.10 bits per heavy atom. The fraction of sp³-hybridized carbons (Fsp3) is 0.370. The third-order valence-corrected chi connectivity index (χ3v) is 7.21. The van der Waals surface area contributed by atoms with Crippen molar-refractivity contribution in [1.29, 1.82) is 0 Å². The molecule has 0 saturated carbocycles. The Labute approximate surface area is 237 Å². The highest BCUT2D eigenvalue weighted by atomic mass is 19.4. The van der Waals surface area contributed by atoms with E-state index in [0.29, 0.717) is 54.8 Å². The van der Waals surface area contributed by atoms with Crippen molar-refractivity contribution in [3.63, 3.8) is 0 Å². The fourth-order valence-corrected chi connectivity index (χ4v) is 5.27. The number of carbonyl (C=O) groups excluding carboxylic acids is 1. The maximum Gasteiger partial charge on any atom is 0.416 e. The van der Waals surface area contributed by atoms with Gasteiger partial charge in [-0.1, -0.05) is 6.07 Å². The number of hydrogen-bond acceptors (Lipinski definition) is 8. The number of anilines is 2. The number of ether oxygens (including phenoxy) is 2. The molecule has 2 aromatic rings. The molecule has 0 aliphatic carbocycles. The highest BCUT2D eigenvalue weighted by Gasteiger charge is 2.44. The SMILES string of the molecule is COCC1C(c2ccc(NC(=O)Nc3cc(C(F)(F)F)ccc3F)c(F)c2)=C2C(N)=NC=NN2C1CN1CCOCC1. The molecule has 1 fully saturated rings. The first-order valence-corrected chi connectivity index (χ1v) is 13.0. The number of nitrogens with one attached hydrogen (secondary N) is 2. The third-order valence-electron chi connectivity index (χ3n) is 7.21. The van der Waals surface area contributed by atoms with E-state index < -0.39 is 35.1 Å². The predicted molar refractivity (Wildman–Crippen MR) is 146 cm³/mol. The number of benzene rings is 2. The molecule has 2 unspecified atom stereocenters. The average molecular weight is 594 g/mol. The normalized spacial score (nSPS) is 20.9. The van der Waals surface area contributed by atoms with Crippen molar-refractivity contribution in [2.45, 2.75) is 12.2 Å². The Balaban J connectivity index is 1.40. The Morgan fingerprint density at radius 2 is 1.83 bits per heavy atom. The molecule has 10 nitrogen and oxygen atoms in total. The Kier molecular flexibility index (Phi) is 8.43. The zero-order valence-electron chi connectivity index (χ0n) is 22.4. The number of hydrazone groups is 1. The number of urea groups is 1. The number of fused-ring (bicyclic) bond motifs is 1. The number of methoxy groups -OCH3 is 1. The van der Waals surface area contributed by atoms with E-state index in [1.165, 1.54) is 18.5 Å². The van der Waals surface area contributed by atoms with Crippen LogP contribution in [0, 0.1) is 17.6 Å². The molecule has 2 amide bonds. The number of hydrogen-bond donors (Lipinski definition) is 3. The quantitative estimate of drug-likeness (QED) is 0.419. The van der Waals surface area contributed by atoms with Crippen LogP contribution in [0.25, 0.3) is 5.57 Å². The molecule has 3 aliphatic rings. The number of aliphatic imine (C=N–C) groups is 1. The van der Waals surface area contributed by atoms with Crippen molar-refractivity contribution in [2.24, 2.45) is 21.7 Å². The molecule has 0 spiro atoms. The minimum Gasteiger partial charge on any atom is -0.384 e. The van der Waals surface area contributed by atoms with Gasteiger partial charge in [0.05, 0.1) is 42.8 Å². The molecular weight excluding hydrogens is 565 g/mol. The second-order valence-corrected chi connectivity index (χ2v) is 9.86. The largest absolute Gasteiger partial charge is 0.416 e. The minimum atomic E-state index is -4.74. The Morgan fingerprint density at radius 3 is 2.52 bits per heavy atom. The van der Waals surface area contributed by atoms with Gasteiger partial charge in [0.1, 0.15) is 23.7 Å². The zero-order chi connectivity index (χ0) is 30.0. The smallest absolute Gasteiger partial charge is 0.384 e. The lowest BCUT2D eigenvalue weighted by molar-refractivity contribution is -0.137. The van der Waals surface area contributed by atoms with Gasteiger partial charge in [-0.2, -0.15) is 18.3 Å². The molecule has 0 bridgehead atoms. The number of carbonyl (C=O) groups is 1. The Hall–Kier alpha value is -4.08. The summed E-state index contributed by atoms with van der Waals surface area (Å²) in [5, 5.41) is 10.4. The predicted octanol–water partition coefficient (Wildman–Crippen LogP) is 3.93. The number of nitrogens with two attached hydrogens (primary N) is 1.